The van der Waals surface area contributed by atoms with Crippen LogP contribution in [0.4, 0.5) is 0 Å². The maximum atomic E-state index is 2.53. The van der Waals surface area contributed by atoms with Crippen molar-refractivity contribution in [1.82, 2.24) is 4.90 Å². The molecule has 0 radical (unpaired) electrons. The highest BCUT2D eigenvalue weighted by atomic mass is 15.1. The Kier molecular flexibility index (Phi) is 4.43. The molecule has 0 spiro atoms. The van der Waals surface area contributed by atoms with Crippen molar-refractivity contribution in [2.45, 2.75) is 65.3 Å². The minimum absolute atomic E-state index is 0.593. The summed E-state index contributed by atoms with van der Waals surface area (Å²) in [5.74, 6) is 0. The number of rotatable bonds is 0. The minimum Gasteiger partial charge on any atom is -0.304 e. The van der Waals surface area contributed by atoms with Gasteiger partial charge in [-0.25, -0.2) is 0 Å². The van der Waals surface area contributed by atoms with Crippen molar-refractivity contribution in [3.8, 4) is 0 Å². The highest BCUT2D eigenvalue weighted by molar-refractivity contribution is 4.73. The molecule has 1 heteroatoms. The van der Waals surface area contributed by atoms with E-state index < -0.39 is 0 Å². The fourth-order valence-corrected chi connectivity index (χ4v) is 2.41. The molecule has 0 aromatic rings. The highest BCUT2D eigenvalue weighted by Crippen LogP contribution is 2.31. The molecule has 0 aromatic heterocycles. The summed E-state index contributed by atoms with van der Waals surface area (Å²) in [4.78, 5) is 2.53. The fraction of sp³-hybridized carbons (Fsp3) is 1.00. The van der Waals surface area contributed by atoms with Crippen LogP contribution in [0.1, 0.15) is 59.3 Å². The van der Waals surface area contributed by atoms with Crippen molar-refractivity contribution in [3.63, 3.8) is 0 Å². The predicted molar refractivity (Wildman–Crippen MR) is 63.6 cm³/mol. The van der Waals surface area contributed by atoms with E-state index in [4.69, 9.17) is 0 Å². The minimum atomic E-state index is 0.593. The van der Waals surface area contributed by atoms with Gasteiger partial charge in [0.2, 0.25) is 0 Å². The average Bonchev–Trinajstić information content (AvgIpc) is 2.10. The normalized spacial score (nSPS) is 31.3. The summed E-state index contributed by atoms with van der Waals surface area (Å²) in [5.41, 5.74) is 0.593. The summed E-state index contributed by atoms with van der Waals surface area (Å²) < 4.78 is 0. The molecule has 1 heterocycles. The first kappa shape index (κ1) is 12.0. The Labute approximate surface area is 89.9 Å². The van der Waals surface area contributed by atoms with Crippen LogP contribution in [-0.4, -0.2) is 24.5 Å². The third kappa shape index (κ3) is 4.00. The van der Waals surface area contributed by atoms with Gasteiger partial charge in [0, 0.05) is 6.04 Å². The molecule has 1 aliphatic heterocycles. The quantitative estimate of drug-likeness (QED) is 0.572. The molecule has 1 rings (SSSR count). The van der Waals surface area contributed by atoms with E-state index >= 15 is 0 Å². The monoisotopic (exact) mass is 197 g/mol. The second-order valence-electron chi connectivity index (χ2n) is 5.84. The van der Waals surface area contributed by atoms with Crippen LogP contribution < -0.4 is 0 Å². The Morgan fingerprint density at radius 2 is 1.71 bits per heavy atom. The SMILES string of the molecule is CC1CCCC(C)(C)CCCCN1C. The molecule has 0 amide bonds. The molecule has 0 N–H and O–H groups in total. The van der Waals surface area contributed by atoms with E-state index in [1.54, 1.807) is 0 Å². The lowest BCUT2D eigenvalue weighted by molar-refractivity contribution is 0.197. The van der Waals surface area contributed by atoms with Gasteiger partial charge in [0.15, 0.2) is 0 Å². The zero-order valence-electron chi connectivity index (χ0n) is 10.5. The van der Waals surface area contributed by atoms with Crippen molar-refractivity contribution in [2.75, 3.05) is 13.6 Å². The molecule has 0 saturated carbocycles. The molecule has 1 aliphatic rings. The summed E-state index contributed by atoms with van der Waals surface area (Å²) in [7, 11) is 2.28. The van der Waals surface area contributed by atoms with E-state index in [0.717, 1.165) is 6.04 Å². The van der Waals surface area contributed by atoms with Crippen LogP contribution >= 0.6 is 0 Å². The van der Waals surface area contributed by atoms with E-state index in [1.165, 1.54) is 45.1 Å². The molecule has 0 aliphatic carbocycles. The van der Waals surface area contributed by atoms with Crippen molar-refractivity contribution < 1.29 is 0 Å². The first-order valence-corrected chi connectivity index (χ1v) is 6.21. The van der Waals surface area contributed by atoms with Gasteiger partial charge in [-0.05, 0) is 51.6 Å². The lowest BCUT2D eigenvalue weighted by Crippen LogP contribution is -2.31. The fourth-order valence-electron chi connectivity index (χ4n) is 2.41. The molecular formula is C13H27N. The van der Waals surface area contributed by atoms with Gasteiger partial charge in [0.25, 0.3) is 0 Å². The van der Waals surface area contributed by atoms with E-state index in [9.17, 15) is 0 Å². The van der Waals surface area contributed by atoms with Gasteiger partial charge in [-0.2, -0.15) is 0 Å². The van der Waals surface area contributed by atoms with Crippen molar-refractivity contribution in [3.05, 3.63) is 0 Å². The van der Waals surface area contributed by atoms with Crippen molar-refractivity contribution in [2.24, 2.45) is 5.41 Å². The molecule has 1 nitrogen and oxygen atoms in total. The largest absolute Gasteiger partial charge is 0.304 e. The molecule has 84 valence electrons. The Hall–Kier alpha value is -0.0400. The smallest absolute Gasteiger partial charge is 0.00638 e. The van der Waals surface area contributed by atoms with Crippen molar-refractivity contribution in [1.29, 1.82) is 0 Å². The lowest BCUT2D eigenvalue weighted by Gasteiger charge is -2.30. The maximum absolute atomic E-state index is 2.53. The molecular weight excluding hydrogens is 170 g/mol. The first-order valence-electron chi connectivity index (χ1n) is 6.21. The number of hydrogen-bond acceptors (Lipinski definition) is 1. The summed E-state index contributed by atoms with van der Waals surface area (Å²) in [6.45, 7) is 8.53. The Bertz CT molecular complexity index is 163. The second-order valence-corrected chi connectivity index (χ2v) is 5.84. The molecule has 0 aromatic carbocycles. The summed E-state index contributed by atoms with van der Waals surface area (Å²) >= 11 is 0. The first-order chi connectivity index (χ1) is 6.51. The molecule has 1 saturated heterocycles. The van der Waals surface area contributed by atoms with Crippen LogP contribution in [0.5, 0.6) is 0 Å². The van der Waals surface area contributed by atoms with E-state index in [1.807, 2.05) is 0 Å². The van der Waals surface area contributed by atoms with Crippen LogP contribution in [0.25, 0.3) is 0 Å². The number of hydrogen-bond donors (Lipinski definition) is 0. The lowest BCUT2D eigenvalue weighted by atomic mass is 9.81. The molecule has 1 unspecified atom stereocenters. The van der Waals surface area contributed by atoms with Gasteiger partial charge in [-0.3, -0.25) is 0 Å². The van der Waals surface area contributed by atoms with E-state index in [0.29, 0.717) is 5.41 Å². The van der Waals surface area contributed by atoms with Gasteiger partial charge >= 0.3 is 0 Å². The summed E-state index contributed by atoms with van der Waals surface area (Å²) in [6, 6.07) is 0.781. The zero-order valence-corrected chi connectivity index (χ0v) is 10.5. The average molecular weight is 197 g/mol. The van der Waals surface area contributed by atoms with Gasteiger partial charge in [-0.1, -0.05) is 26.7 Å². The van der Waals surface area contributed by atoms with Crippen LogP contribution in [0.3, 0.4) is 0 Å². The highest BCUT2D eigenvalue weighted by Gasteiger charge is 2.19. The van der Waals surface area contributed by atoms with Gasteiger partial charge in [-0.15, -0.1) is 0 Å². The van der Waals surface area contributed by atoms with Gasteiger partial charge < -0.3 is 4.90 Å². The predicted octanol–water partition coefficient (Wildman–Crippen LogP) is 3.69. The topological polar surface area (TPSA) is 3.24 Å². The molecule has 1 atom stereocenters. The molecule has 1 fully saturated rings. The summed E-state index contributed by atoms with van der Waals surface area (Å²) in [6.07, 6.45) is 8.38. The molecule has 14 heavy (non-hydrogen) atoms. The van der Waals surface area contributed by atoms with E-state index in [2.05, 4.69) is 32.7 Å². The van der Waals surface area contributed by atoms with Crippen LogP contribution in [0.15, 0.2) is 0 Å². The third-order valence-corrected chi connectivity index (χ3v) is 3.84. The molecule has 0 bridgehead atoms. The van der Waals surface area contributed by atoms with Gasteiger partial charge in [0.1, 0.15) is 0 Å². The number of nitrogens with zero attached hydrogens (tertiary/aromatic N) is 1. The zero-order chi connectivity index (χ0) is 10.6. The standard InChI is InChI=1S/C13H27N/c1-12-8-7-10-13(2,3)9-5-6-11-14(12)4/h12H,5-11H2,1-4H3. The van der Waals surface area contributed by atoms with Crippen LogP contribution in [0.2, 0.25) is 0 Å². The maximum Gasteiger partial charge on any atom is 0.00638 e. The van der Waals surface area contributed by atoms with Crippen LogP contribution in [0, 0.1) is 5.41 Å². The van der Waals surface area contributed by atoms with Crippen LogP contribution in [-0.2, 0) is 0 Å². The Morgan fingerprint density at radius 3 is 2.43 bits per heavy atom. The Balaban J connectivity index is 2.43. The van der Waals surface area contributed by atoms with Crippen molar-refractivity contribution >= 4 is 0 Å². The van der Waals surface area contributed by atoms with E-state index in [-0.39, 0.29) is 0 Å². The third-order valence-electron chi connectivity index (χ3n) is 3.84. The van der Waals surface area contributed by atoms with Gasteiger partial charge in [0.05, 0.1) is 0 Å². The Morgan fingerprint density at radius 1 is 1.07 bits per heavy atom. The second kappa shape index (κ2) is 5.16. The summed E-state index contributed by atoms with van der Waals surface area (Å²) in [5, 5.41) is 0.